The maximum Gasteiger partial charge on any atom is 0.308 e. The number of hydrogen-bond acceptors (Lipinski definition) is 3. The van der Waals surface area contributed by atoms with Crippen LogP contribution in [0, 0.1) is 0 Å². The van der Waals surface area contributed by atoms with Gasteiger partial charge in [0.15, 0.2) is 0 Å². The molecule has 0 atom stereocenters. The highest BCUT2D eigenvalue weighted by atomic mass is 16.6. The lowest BCUT2D eigenvalue weighted by Gasteiger charge is -2.19. The summed E-state index contributed by atoms with van der Waals surface area (Å²) in [7, 11) is 0. The number of esters is 1. The highest BCUT2D eigenvalue weighted by Crippen LogP contribution is 2.07. The lowest BCUT2D eigenvalue weighted by Crippen LogP contribution is -2.28. The Kier molecular flexibility index (Phi) is 5.97. The number of benzene rings is 1. The molecule has 1 rings (SSSR count). The second kappa shape index (κ2) is 7.48. The van der Waals surface area contributed by atoms with Gasteiger partial charge in [-0.1, -0.05) is 30.3 Å². The summed E-state index contributed by atoms with van der Waals surface area (Å²) < 4.78 is 5.14. The van der Waals surface area contributed by atoms with Crippen molar-refractivity contribution in [1.29, 1.82) is 0 Å². The van der Waals surface area contributed by atoms with Crippen molar-refractivity contribution in [3.63, 3.8) is 0 Å². The van der Waals surface area contributed by atoms with Crippen molar-refractivity contribution >= 4 is 18.0 Å². The molecule has 1 N–H and O–H groups in total. The lowest BCUT2D eigenvalue weighted by molar-refractivity contribution is -0.154. The van der Waals surface area contributed by atoms with Crippen LogP contribution in [-0.2, 0) is 14.3 Å². The van der Waals surface area contributed by atoms with Crippen molar-refractivity contribution in [2.45, 2.75) is 32.8 Å². The molecule has 1 aromatic carbocycles. The molecule has 0 fully saturated rings. The predicted molar refractivity (Wildman–Crippen MR) is 78.9 cm³/mol. The molecule has 4 heteroatoms. The van der Waals surface area contributed by atoms with E-state index >= 15 is 0 Å². The summed E-state index contributed by atoms with van der Waals surface area (Å²) in [4.78, 5) is 23.0. The van der Waals surface area contributed by atoms with Crippen LogP contribution in [0.1, 0.15) is 32.8 Å². The van der Waals surface area contributed by atoms with Crippen molar-refractivity contribution in [2.75, 3.05) is 6.54 Å². The maximum absolute atomic E-state index is 11.5. The van der Waals surface area contributed by atoms with E-state index in [-0.39, 0.29) is 24.8 Å². The topological polar surface area (TPSA) is 55.4 Å². The van der Waals surface area contributed by atoms with E-state index < -0.39 is 5.60 Å². The monoisotopic (exact) mass is 275 g/mol. The third kappa shape index (κ3) is 7.36. The summed E-state index contributed by atoms with van der Waals surface area (Å²) in [6.07, 6.45) is 3.34. The minimum Gasteiger partial charge on any atom is -0.460 e. The number of carbonyl (C=O) groups is 2. The molecular formula is C16H21NO3. The molecule has 0 saturated carbocycles. The normalized spacial score (nSPS) is 11.3. The summed E-state index contributed by atoms with van der Waals surface area (Å²) in [6, 6.07) is 9.54. The number of rotatable bonds is 5. The molecule has 20 heavy (non-hydrogen) atoms. The molecule has 0 heterocycles. The Labute approximate surface area is 119 Å². The molecule has 1 aromatic rings. The van der Waals surface area contributed by atoms with Crippen LogP contribution >= 0.6 is 0 Å². The van der Waals surface area contributed by atoms with Gasteiger partial charge in [0.1, 0.15) is 5.60 Å². The fourth-order valence-corrected chi connectivity index (χ4v) is 1.48. The number of carbonyl (C=O) groups excluding carboxylic acids is 2. The Hall–Kier alpha value is -2.10. The van der Waals surface area contributed by atoms with Gasteiger partial charge >= 0.3 is 5.97 Å². The number of ether oxygens (including phenoxy) is 1. The first-order chi connectivity index (χ1) is 9.37. The first kappa shape index (κ1) is 16.0. The first-order valence-electron chi connectivity index (χ1n) is 6.59. The molecule has 0 unspecified atom stereocenters. The molecule has 0 bridgehead atoms. The standard InChI is InChI=1S/C16H21NO3/c1-16(2,3)20-15(19)11-12-17-14(18)10-9-13-7-5-4-6-8-13/h4-10H,11-12H2,1-3H3,(H,17,18)/b10-9+. The van der Waals surface area contributed by atoms with Crippen LogP contribution in [0.2, 0.25) is 0 Å². The van der Waals surface area contributed by atoms with Gasteiger partial charge < -0.3 is 10.1 Å². The third-order valence-corrected chi connectivity index (χ3v) is 2.28. The Morgan fingerprint density at radius 1 is 1.20 bits per heavy atom. The van der Waals surface area contributed by atoms with Crippen LogP contribution in [0.3, 0.4) is 0 Å². The van der Waals surface area contributed by atoms with Gasteiger partial charge in [0.05, 0.1) is 6.42 Å². The average Bonchev–Trinajstić information content (AvgIpc) is 2.35. The smallest absolute Gasteiger partial charge is 0.308 e. The van der Waals surface area contributed by atoms with E-state index in [9.17, 15) is 9.59 Å². The van der Waals surface area contributed by atoms with E-state index in [2.05, 4.69) is 5.32 Å². The molecule has 0 aliphatic heterocycles. The van der Waals surface area contributed by atoms with Gasteiger partial charge in [-0.3, -0.25) is 9.59 Å². The Morgan fingerprint density at radius 2 is 1.85 bits per heavy atom. The Balaban J connectivity index is 2.27. The fourth-order valence-electron chi connectivity index (χ4n) is 1.48. The van der Waals surface area contributed by atoms with Crippen molar-refractivity contribution < 1.29 is 14.3 Å². The summed E-state index contributed by atoms with van der Waals surface area (Å²) >= 11 is 0. The Bertz CT molecular complexity index is 472. The summed E-state index contributed by atoms with van der Waals surface area (Å²) in [5, 5.41) is 2.64. The van der Waals surface area contributed by atoms with E-state index in [4.69, 9.17) is 4.74 Å². The van der Waals surface area contributed by atoms with Gasteiger partial charge in [-0.15, -0.1) is 0 Å². The average molecular weight is 275 g/mol. The predicted octanol–water partition coefficient (Wildman–Crippen LogP) is 2.55. The summed E-state index contributed by atoms with van der Waals surface area (Å²) in [5.41, 5.74) is 0.462. The number of nitrogens with one attached hydrogen (secondary N) is 1. The minimum atomic E-state index is -0.492. The molecular weight excluding hydrogens is 254 g/mol. The highest BCUT2D eigenvalue weighted by molar-refractivity contribution is 5.91. The van der Waals surface area contributed by atoms with Crippen LogP contribution in [0.5, 0.6) is 0 Å². The van der Waals surface area contributed by atoms with E-state index in [0.29, 0.717) is 0 Å². The van der Waals surface area contributed by atoms with Crippen LogP contribution in [-0.4, -0.2) is 24.0 Å². The number of amides is 1. The zero-order valence-electron chi connectivity index (χ0n) is 12.2. The first-order valence-corrected chi connectivity index (χ1v) is 6.59. The molecule has 0 saturated heterocycles. The van der Waals surface area contributed by atoms with Gasteiger partial charge in [-0.25, -0.2) is 0 Å². The van der Waals surface area contributed by atoms with E-state index in [0.717, 1.165) is 5.56 Å². The summed E-state index contributed by atoms with van der Waals surface area (Å²) in [6.45, 7) is 5.71. The van der Waals surface area contributed by atoms with Crippen LogP contribution in [0.4, 0.5) is 0 Å². The SMILES string of the molecule is CC(C)(C)OC(=O)CCNC(=O)/C=C/c1ccccc1. The minimum absolute atomic E-state index is 0.169. The molecule has 0 aromatic heterocycles. The molecule has 108 valence electrons. The van der Waals surface area contributed by atoms with Gasteiger partial charge in [0.2, 0.25) is 5.91 Å². The van der Waals surface area contributed by atoms with E-state index in [1.54, 1.807) is 6.08 Å². The molecule has 0 aliphatic rings. The zero-order valence-corrected chi connectivity index (χ0v) is 12.2. The summed E-state index contributed by atoms with van der Waals surface area (Å²) in [5.74, 6) is -0.540. The fraction of sp³-hybridized carbons (Fsp3) is 0.375. The van der Waals surface area contributed by atoms with Crippen molar-refractivity contribution in [3.05, 3.63) is 42.0 Å². The third-order valence-electron chi connectivity index (χ3n) is 2.28. The number of hydrogen-bond donors (Lipinski definition) is 1. The van der Waals surface area contributed by atoms with Gasteiger partial charge in [-0.2, -0.15) is 0 Å². The highest BCUT2D eigenvalue weighted by Gasteiger charge is 2.15. The zero-order chi connectivity index (χ0) is 15.0. The Morgan fingerprint density at radius 3 is 2.45 bits per heavy atom. The van der Waals surface area contributed by atoms with E-state index in [1.165, 1.54) is 6.08 Å². The van der Waals surface area contributed by atoms with Crippen LogP contribution in [0.15, 0.2) is 36.4 Å². The van der Waals surface area contributed by atoms with Crippen molar-refractivity contribution in [2.24, 2.45) is 0 Å². The lowest BCUT2D eigenvalue weighted by atomic mass is 10.2. The van der Waals surface area contributed by atoms with Gasteiger partial charge in [0.25, 0.3) is 0 Å². The second-order valence-electron chi connectivity index (χ2n) is 5.37. The molecule has 0 spiro atoms. The molecule has 4 nitrogen and oxygen atoms in total. The van der Waals surface area contributed by atoms with E-state index in [1.807, 2.05) is 51.1 Å². The van der Waals surface area contributed by atoms with Crippen molar-refractivity contribution in [1.82, 2.24) is 5.32 Å². The van der Waals surface area contributed by atoms with Crippen LogP contribution in [0.25, 0.3) is 6.08 Å². The van der Waals surface area contributed by atoms with Crippen LogP contribution < -0.4 is 5.32 Å². The second-order valence-corrected chi connectivity index (χ2v) is 5.37. The molecule has 0 aliphatic carbocycles. The van der Waals surface area contributed by atoms with Gasteiger partial charge in [0, 0.05) is 12.6 Å². The largest absolute Gasteiger partial charge is 0.460 e. The maximum atomic E-state index is 11.5. The molecule has 1 amide bonds. The van der Waals surface area contributed by atoms with Crippen molar-refractivity contribution in [3.8, 4) is 0 Å². The van der Waals surface area contributed by atoms with Gasteiger partial charge in [-0.05, 0) is 32.4 Å². The quantitative estimate of drug-likeness (QED) is 0.663. The molecule has 0 radical (unpaired) electrons.